The number of rotatable bonds is 4. The van der Waals surface area contributed by atoms with Crippen LogP contribution in [0.5, 0.6) is 0 Å². The van der Waals surface area contributed by atoms with E-state index < -0.39 is 0 Å². The Morgan fingerprint density at radius 2 is 1.76 bits per heavy atom. The summed E-state index contributed by atoms with van der Waals surface area (Å²) in [4.78, 5) is 0. The quantitative estimate of drug-likeness (QED) is 0.671. The van der Waals surface area contributed by atoms with Crippen LogP contribution in [-0.2, 0) is 0 Å². The third kappa shape index (κ3) is 2.36. The van der Waals surface area contributed by atoms with E-state index in [1.165, 1.54) is 22.8 Å². The molecule has 0 bridgehead atoms. The molecule has 0 fully saturated rings. The maximum atomic E-state index is 4.14. The first-order valence-corrected chi connectivity index (χ1v) is 6.54. The fourth-order valence-electron chi connectivity index (χ4n) is 2.60. The van der Waals surface area contributed by atoms with E-state index in [1.54, 1.807) is 0 Å². The van der Waals surface area contributed by atoms with Crippen molar-refractivity contribution in [3.63, 3.8) is 0 Å². The van der Waals surface area contributed by atoms with Crippen LogP contribution in [0.15, 0.2) is 42.5 Å². The summed E-state index contributed by atoms with van der Waals surface area (Å²) in [5.41, 5.74) is 1.47. The first-order chi connectivity index (χ1) is 8.27. The summed E-state index contributed by atoms with van der Waals surface area (Å²) < 4.78 is 0. The molecule has 0 nitrogen and oxygen atoms in total. The minimum absolute atomic E-state index is 0.575. The maximum absolute atomic E-state index is 4.14. The van der Waals surface area contributed by atoms with E-state index in [0.29, 0.717) is 11.8 Å². The summed E-state index contributed by atoms with van der Waals surface area (Å²) in [6.07, 6.45) is 2.19. The summed E-state index contributed by atoms with van der Waals surface area (Å²) in [5.74, 6) is 1.27. The van der Waals surface area contributed by atoms with Crippen molar-refractivity contribution in [1.82, 2.24) is 0 Å². The van der Waals surface area contributed by atoms with Crippen molar-refractivity contribution in [3.05, 3.63) is 55.0 Å². The zero-order chi connectivity index (χ0) is 12.3. The first kappa shape index (κ1) is 12.2. The van der Waals surface area contributed by atoms with E-state index in [2.05, 4.69) is 63.2 Å². The zero-order valence-corrected chi connectivity index (χ0v) is 10.8. The maximum Gasteiger partial charge on any atom is -0.0130 e. The lowest BCUT2D eigenvalue weighted by Crippen LogP contribution is -2.08. The molecule has 0 aliphatic heterocycles. The van der Waals surface area contributed by atoms with Crippen LogP contribution in [0.4, 0.5) is 0 Å². The number of fused-ring (bicyclic) bond motifs is 1. The lowest BCUT2D eigenvalue weighted by molar-refractivity contribution is 0.449. The fraction of sp³-hybridized carbons (Fsp3) is 0.353. The van der Waals surface area contributed by atoms with Gasteiger partial charge in [0.05, 0.1) is 0 Å². The third-order valence-electron chi connectivity index (χ3n) is 3.86. The van der Waals surface area contributed by atoms with Crippen molar-refractivity contribution >= 4 is 10.8 Å². The van der Waals surface area contributed by atoms with E-state index in [0.717, 1.165) is 6.42 Å². The molecule has 0 aliphatic rings. The summed E-state index contributed by atoms with van der Waals surface area (Å²) in [7, 11) is 0. The second-order valence-corrected chi connectivity index (χ2v) is 4.85. The van der Waals surface area contributed by atoms with Crippen LogP contribution in [-0.4, -0.2) is 0 Å². The molecule has 2 rings (SSSR count). The topological polar surface area (TPSA) is 0 Å². The highest BCUT2D eigenvalue weighted by Crippen LogP contribution is 2.34. The summed E-state index contributed by atoms with van der Waals surface area (Å²) in [6.45, 7) is 8.73. The highest BCUT2D eigenvalue weighted by molar-refractivity contribution is 5.86. The third-order valence-corrected chi connectivity index (χ3v) is 3.86. The Morgan fingerprint density at radius 3 is 2.47 bits per heavy atom. The molecule has 0 aliphatic carbocycles. The predicted octanol–water partition coefficient (Wildman–Crippen LogP) is 5.19. The summed E-state index contributed by atoms with van der Waals surface area (Å²) in [6, 6.07) is 15.3. The molecule has 2 aromatic rings. The van der Waals surface area contributed by atoms with Gasteiger partial charge in [-0.05, 0) is 34.6 Å². The fourth-order valence-corrected chi connectivity index (χ4v) is 2.60. The molecule has 1 radical (unpaired) electrons. The van der Waals surface area contributed by atoms with Crippen LogP contribution in [0.2, 0.25) is 0 Å². The van der Waals surface area contributed by atoms with E-state index in [9.17, 15) is 0 Å². The number of benzene rings is 2. The Kier molecular flexibility index (Phi) is 3.83. The minimum Gasteiger partial charge on any atom is -0.0651 e. The lowest BCUT2D eigenvalue weighted by atomic mass is 9.81. The van der Waals surface area contributed by atoms with Gasteiger partial charge in [-0.15, -0.1) is 0 Å². The smallest absolute Gasteiger partial charge is 0.0130 e. The lowest BCUT2D eigenvalue weighted by Gasteiger charge is -2.23. The summed E-state index contributed by atoms with van der Waals surface area (Å²) >= 11 is 0. The Hall–Kier alpha value is -1.30. The van der Waals surface area contributed by atoms with Gasteiger partial charge >= 0.3 is 0 Å². The molecule has 2 atom stereocenters. The molecule has 0 heterocycles. The van der Waals surface area contributed by atoms with Gasteiger partial charge in [0.1, 0.15) is 0 Å². The Balaban J connectivity index is 2.53. The summed E-state index contributed by atoms with van der Waals surface area (Å²) in [5, 5.41) is 2.73. The SMILES string of the molecule is [CH2]CC(c1cccc2ccccc12)C(C)CC. The Bertz CT molecular complexity index is 479. The molecular formula is C17H21. The molecule has 0 aromatic heterocycles. The van der Waals surface area contributed by atoms with E-state index in [1.807, 2.05) is 0 Å². The second kappa shape index (κ2) is 5.35. The van der Waals surface area contributed by atoms with Crippen LogP contribution in [0.25, 0.3) is 10.8 Å². The van der Waals surface area contributed by atoms with Crippen molar-refractivity contribution in [2.24, 2.45) is 5.92 Å². The van der Waals surface area contributed by atoms with Crippen LogP contribution in [0.3, 0.4) is 0 Å². The standard InChI is InChI=1S/C17H21/c1-4-13(3)15(5-2)17-12-8-10-14-9-6-7-11-16(14)17/h6-13,15H,2,4-5H2,1,3H3. The molecule has 0 saturated heterocycles. The van der Waals surface area contributed by atoms with Crippen molar-refractivity contribution in [2.75, 3.05) is 0 Å². The largest absolute Gasteiger partial charge is 0.0651 e. The van der Waals surface area contributed by atoms with Crippen molar-refractivity contribution < 1.29 is 0 Å². The normalized spacial score (nSPS) is 14.8. The first-order valence-electron chi connectivity index (χ1n) is 6.54. The monoisotopic (exact) mass is 225 g/mol. The molecule has 2 unspecified atom stereocenters. The van der Waals surface area contributed by atoms with E-state index >= 15 is 0 Å². The molecule has 17 heavy (non-hydrogen) atoms. The van der Waals surface area contributed by atoms with Crippen LogP contribution in [0.1, 0.15) is 38.2 Å². The van der Waals surface area contributed by atoms with Crippen LogP contribution >= 0.6 is 0 Å². The molecular weight excluding hydrogens is 204 g/mol. The van der Waals surface area contributed by atoms with Crippen molar-refractivity contribution in [2.45, 2.75) is 32.6 Å². The van der Waals surface area contributed by atoms with Crippen LogP contribution in [0, 0.1) is 12.8 Å². The molecule has 2 aromatic carbocycles. The van der Waals surface area contributed by atoms with Gasteiger partial charge in [0, 0.05) is 0 Å². The average Bonchev–Trinajstić information content (AvgIpc) is 2.39. The van der Waals surface area contributed by atoms with Crippen LogP contribution < -0.4 is 0 Å². The van der Waals surface area contributed by atoms with Gasteiger partial charge in [0.15, 0.2) is 0 Å². The number of hydrogen-bond acceptors (Lipinski definition) is 0. The van der Waals surface area contributed by atoms with Gasteiger partial charge in [-0.1, -0.05) is 69.7 Å². The molecule has 0 amide bonds. The van der Waals surface area contributed by atoms with Crippen molar-refractivity contribution in [3.8, 4) is 0 Å². The molecule has 0 N–H and O–H groups in total. The van der Waals surface area contributed by atoms with Gasteiger partial charge in [0.2, 0.25) is 0 Å². The van der Waals surface area contributed by atoms with Crippen molar-refractivity contribution in [1.29, 1.82) is 0 Å². The number of hydrogen-bond donors (Lipinski definition) is 0. The Morgan fingerprint density at radius 1 is 1.06 bits per heavy atom. The zero-order valence-electron chi connectivity index (χ0n) is 10.8. The van der Waals surface area contributed by atoms with Gasteiger partial charge in [-0.3, -0.25) is 0 Å². The molecule has 0 saturated carbocycles. The Labute approximate surface area is 105 Å². The molecule has 0 spiro atoms. The second-order valence-electron chi connectivity index (χ2n) is 4.85. The van der Waals surface area contributed by atoms with Gasteiger partial charge < -0.3 is 0 Å². The highest BCUT2D eigenvalue weighted by Gasteiger charge is 2.17. The minimum atomic E-state index is 0.575. The molecule has 0 heteroatoms. The van der Waals surface area contributed by atoms with Gasteiger partial charge in [-0.25, -0.2) is 0 Å². The average molecular weight is 225 g/mol. The van der Waals surface area contributed by atoms with Gasteiger partial charge in [0.25, 0.3) is 0 Å². The van der Waals surface area contributed by atoms with E-state index in [-0.39, 0.29) is 0 Å². The highest BCUT2D eigenvalue weighted by atomic mass is 14.2. The predicted molar refractivity (Wildman–Crippen MR) is 76.1 cm³/mol. The van der Waals surface area contributed by atoms with E-state index in [4.69, 9.17) is 0 Å². The van der Waals surface area contributed by atoms with Gasteiger partial charge in [-0.2, -0.15) is 0 Å². The molecule has 89 valence electrons.